The van der Waals surface area contributed by atoms with E-state index in [1.165, 1.54) is 36.4 Å². The molecule has 2 N–H and O–H groups in total. The van der Waals surface area contributed by atoms with E-state index in [1.807, 2.05) is 0 Å². The first-order chi connectivity index (χ1) is 14.7. The lowest BCUT2D eigenvalue weighted by Crippen LogP contribution is -2.20. The van der Waals surface area contributed by atoms with Gasteiger partial charge in [0, 0.05) is 22.0 Å². The molecular weight excluding hydrogens is 433 g/mol. The summed E-state index contributed by atoms with van der Waals surface area (Å²) < 4.78 is 43.5. The van der Waals surface area contributed by atoms with Crippen molar-refractivity contribution in [2.75, 3.05) is 17.2 Å². The molecule has 0 aromatic heterocycles. The zero-order valence-corrected chi connectivity index (χ0v) is 16.6. The molecule has 3 aromatic rings. The topological polar surface area (TPSA) is 67.4 Å². The Morgan fingerprint density at radius 3 is 2.19 bits per heavy atom. The molecule has 0 fully saturated rings. The molecule has 9 heteroatoms. The van der Waals surface area contributed by atoms with Crippen LogP contribution in [0.15, 0.2) is 72.8 Å². The van der Waals surface area contributed by atoms with Crippen LogP contribution < -0.4 is 15.4 Å². The largest absolute Gasteiger partial charge is 0.484 e. The molecule has 0 spiro atoms. The number of anilines is 2. The third-order valence-electron chi connectivity index (χ3n) is 4.06. The smallest absolute Gasteiger partial charge is 0.416 e. The number of amides is 2. The van der Waals surface area contributed by atoms with Crippen LogP contribution >= 0.6 is 11.6 Å². The van der Waals surface area contributed by atoms with Gasteiger partial charge in [-0.1, -0.05) is 17.7 Å². The standard InChI is InChI=1S/C22H16ClF3N2O3/c23-16-6-8-17(9-7-16)28-21(30)14-4-10-19(11-5-14)31-13-20(29)27-18-3-1-2-15(12-18)22(24,25)26/h1-12H,13H2,(H,27,29)(H,28,30). The molecule has 0 radical (unpaired) electrons. The summed E-state index contributed by atoms with van der Waals surface area (Å²) in [5.74, 6) is -0.637. The molecular formula is C22H16ClF3N2O3. The molecule has 0 heterocycles. The first-order valence-corrected chi connectivity index (χ1v) is 9.35. The lowest BCUT2D eigenvalue weighted by atomic mass is 10.2. The van der Waals surface area contributed by atoms with Gasteiger partial charge in [-0.3, -0.25) is 9.59 Å². The van der Waals surface area contributed by atoms with Gasteiger partial charge in [0.2, 0.25) is 0 Å². The van der Waals surface area contributed by atoms with Crippen LogP contribution in [-0.2, 0) is 11.0 Å². The number of rotatable bonds is 6. The minimum atomic E-state index is -4.50. The third kappa shape index (κ3) is 6.48. The zero-order valence-electron chi connectivity index (χ0n) is 15.9. The summed E-state index contributed by atoms with van der Waals surface area (Å²) in [6, 6.07) is 17.0. The van der Waals surface area contributed by atoms with E-state index in [2.05, 4.69) is 10.6 Å². The van der Waals surface area contributed by atoms with Crippen molar-refractivity contribution in [2.24, 2.45) is 0 Å². The molecule has 5 nitrogen and oxygen atoms in total. The number of benzene rings is 3. The minimum Gasteiger partial charge on any atom is -0.484 e. The highest BCUT2D eigenvalue weighted by atomic mass is 35.5. The van der Waals surface area contributed by atoms with Crippen molar-refractivity contribution < 1.29 is 27.5 Å². The van der Waals surface area contributed by atoms with Gasteiger partial charge in [0.25, 0.3) is 11.8 Å². The molecule has 0 aliphatic heterocycles. The van der Waals surface area contributed by atoms with Crippen molar-refractivity contribution in [3.05, 3.63) is 88.9 Å². The third-order valence-corrected chi connectivity index (χ3v) is 4.31. The van der Waals surface area contributed by atoms with Crippen molar-refractivity contribution in [1.29, 1.82) is 0 Å². The highest BCUT2D eigenvalue weighted by Crippen LogP contribution is 2.30. The summed E-state index contributed by atoms with van der Waals surface area (Å²) in [4.78, 5) is 24.2. The Kier molecular flexibility index (Phi) is 6.81. The summed E-state index contributed by atoms with van der Waals surface area (Å²) in [6.45, 7) is -0.410. The van der Waals surface area contributed by atoms with E-state index < -0.39 is 24.3 Å². The van der Waals surface area contributed by atoms with Gasteiger partial charge in [0.15, 0.2) is 6.61 Å². The van der Waals surface area contributed by atoms with Crippen LogP contribution in [0.5, 0.6) is 5.75 Å². The molecule has 31 heavy (non-hydrogen) atoms. The maximum absolute atomic E-state index is 12.7. The van der Waals surface area contributed by atoms with Gasteiger partial charge >= 0.3 is 6.18 Å². The Balaban J connectivity index is 1.52. The number of nitrogens with one attached hydrogen (secondary N) is 2. The number of halogens is 4. The molecule has 160 valence electrons. The van der Waals surface area contributed by atoms with Crippen LogP contribution in [0.3, 0.4) is 0 Å². The predicted molar refractivity (Wildman–Crippen MR) is 111 cm³/mol. The van der Waals surface area contributed by atoms with Gasteiger partial charge in [0.1, 0.15) is 5.75 Å². The Labute approximate surface area is 180 Å². The highest BCUT2D eigenvalue weighted by molar-refractivity contribution is 6.30. The van der Waals surface area contributed by atoms with E-state index in [1.54, 1.807) is 24.3 Å². The molecule has 0 unspecified atom stereocenters. The Hall–Kier alpha value is -3.52. The first kappa shape index (κ1) is 22.2. The van der Waals surface area contributed by atoms with E-state index in [0.717, 1.165) is 12.1 Å². The molecule has 0 saturated carbocycles. The number of hydrogen-bond donors (Lipinski definition) is 2. The molecule has 3 rings (SSSR count). The maximum Gasteiger partial charge on any atom is 0.416 e. The number of carbonyl (C=O) groups excluding carboxylic acids is 2. The number of hydrogen-bond acceptors (Lipinski definition) is 3. The highest BCUT2D eigenvalue weighted by Gasteiger charge is 2.30. The van der Waals surface area contributed by atoms with Crippen LogP contribution in [0.2, 0.25) is 5.02 Å². The van der Waals surface area contributed by atoms with Gasteiger partial charge in [-0.2, -0.15) is 13.2 Å². The SMILES string of the molecule is O=C(COc1ccc(C(=O)Nc2ccc(Cl)cc2)cc1)Nc1cccc(C(F)(F)F)c1. The summed E-state index contributed by atoms with van der Waals surface area (Å²) in [5, 5.41) is 5.62. The van der Waals surface area contributed by atoms with Gasteiger partial charge in [-0.05, 0) is 66.7 Å². The average molecular weight is 449 g/mol. The molecule has 0 atom stereocenters. The van der Waals surface area contributed by atoms with Crippen LogP contribution in [0, 0.1) is 0 Å². The number of ether oxygens (including phenoxy) is 1. The van der Waals surface area contributed by atoms with E-state index >= 15 is 0 Å². The van der Waals surface area contributed by atoms with Crippen LogP contribution in [0.4, 0.5) is 24.5 Å². The Morgan fingerprint density at radius 2 is 1.55 bits per heavy atom. The molecule has 0 bridgehead atoms. The van der Waals surface area contributed by atoms with Gasteiger partial charge < -0.3 is 15.4 Å². The quantitative estimate of drug-likeness (QED) is 0.513. The number of alkyl halides is 3. The maximum atomic E-state index is 12.7. The molecule has 2 amide bonds. The fourth-order valence-electron chi connectivity index (χ4n) is 2.56. The van der Waals surface area contributed by atoms with Crippen molar-refractivity contribution in [2.45, 2.75) is 6.18 Å². The van der Waals surface area contributed by atoms with Crippen molar-refractivity contribution >= 4 is 34.8 Å². The fraction of sp³-hybridized carbons (Fsp3) is 0.0909. The van der Waals surface area contributed by atoms with Crippen molar-refractivity contribution in [1.82, 2.24) is 0 Å². The summed E-state index contributed by atoms with van der Waals surface area (Å²) >= 11 is 5.80. The molecule has 0 aliphatic rings. The average Bonchev–Trinajstić information content (AvgIpc) is 2.74. The summed E-state index contributed by atoms with van der Waals surface area (Å²) in [7, 11) is 0. The Morgan fingerprint density at radius 1 is 0.871 bits per heavy atom. The monoisotopic (exact) mass is 448 g/mol. The van der Waals surface area contributed by atoms with Gasteiger partial charge in [-0.25, -0.2) is 0 Å². The van der Waals surface area contributed by atoms with Gasteiger partial charge in [-0.15, -0.1) is 0 Å². The van der Waals surface area contributed by atoms with Crippen molar-refractivity contribution in [3.8, 4) is 5.75 Å². The van der Waals surface area contributed by atoms with E-state index in [4.69, 9.17) is 16.3 Å². The van der Waals surface area contributed by atoms with Gasteiger partial charge in [0.05, 0.1) is 5.56 Å². The Bertz CT molecular complexity index is 1070. The first-order valence-electron chi connectivity index (χ1n) is 8.97. The van der Waals surface area contributed by atoms with Crippen LogP contribution in [0.1, 0.15) is 15.9 Å². The second-order valence-electron chi connectivity index (χ2n) is 6.40. The van der Waals surface area contributed by atoms with E-state index in [-0.39, 0.29) is 11.6 Å². The lowest BCUT2D eigenvalue weighted by Gasteiger charge is -2.11. The fourth-order valence-corrected chi connectivity index (χ4v) is 2.68. The summed E-state index contributed by atoms with van der Waals surface area (Å²) in [6.07, 6.45) is -4.50. The summed E-state index contributed by atoms with van der Waals surface area (Å²) in [5.41, 5.74) is 0.105. The lowest BCUT2D eigenvalue weighted by molar-refractivity contribution is -0.137. The normalized spacial score (nSPS) is 11.0. The predicted octanol–water partition coefficient (Wildman–Crippen LogP) is 5.63. The zero-order chi connectivity index (χ0) is 22.4. The molecule has 3 aromatic carbocycles. The van der Waals surface area contributed by atoms with Crippen LogP contribution in [0.25, 0.3) is 0 Å². The van der Waals surface area contributed by atoms with Crippen LogP contribution in [-0.4, -0.2) is 18.4 Å². The number of carbonyl (C=O) groups is 2. The minimum absolute atomic E-state index is 0.0117. The van der Waals surface area contributed by atoms with Crippen molar-refractivity contribution in [3.63, 3.8) is 0 Å². The van der Waals surface area contributed by atoms with E-state index in [9.17, 15) is 22.8 Å². The molecule has 0 saturated heterocycles. The molecule has 0 aliphatic carbocycles. The van der Waals surface area contributed by atoms with E-state index in [0.29, 0.717) is 22.0 Å². The second-order valence-corrected chi connectivity index (χ2v) is 6.84. The second kappa shape index (κ2) is 9.53.